The van der Waals surface area contributed by atoms with Gasteiger partial charge < -0.3 is 9.67 Å². The third-order valence-electron chi connectivity index (χ3n) is 2.86. The summed E-state index contributed by atoms with van der Waals surface area (Å²) >= 11 is 0. The van der Waals surface area contributed by atoms with Gasteiger partial charge in [0, 0.05) is 19.4 Å². The Balaban J connectivity index is 2.11. The van der Waals surface area contributed by atoms with Crippen molar-refractivity contribution in [1.29, 1.82) is 0 Å². The second-order valence-corrected chi connectivity index (χ2v) is 3.94. The summed E-state index contributed by atoms with van der Waals surface area (Å²) in [5.41, 5.74) is 0. The average molecular weight is 209 g/mol. The van der Waals surface area contributed by atoms with Crippen molar-refractivity contribution >= 4 is 5.97 Å². The molecule has 1 saturated heterocycles. The predicted molar refractivity (Wildman–Crippen MR) is 54.4 cm³/mol. The first-order valence-electron chi connectivity index (χ1n) is 5.14. The van der Waals surface area contributed by atoms with E-state index in [9.17, 15) is 4.79 Å². The smallest absolute Gasteiger partial charge is 0.320 e. The van der Waals surface area contributed by atoms with Crippen LogP contribution in [0.25, 0.3) is 0 Å². The van der Waals surface area contributed by atoms with Crippen LogP contribution in [0.1, 0.15) is 31.1 Å². The lowest BCUT2D eigenvalue weighted by Gasteiger charge is -2.28. The Kier molecular flexibility index (Phi) is 2.73. The summed E-state index contributed by atoms with van der Waals surface area (Å²) in [6.45, 7) is 0. The molecule has 2 unspecified atom stereocenters. The normalized spacial score (nSPS) is 26.5. The summed E-state index contributed by atoms with van der Waals surface area (Å²) in [6.07, 6.45) is 6.20. The Morgan fingerprint density at radius 1 is 1.67 bits per heavy atom. The van der Waals surface area contributed by atoms with Gasteiger partial charge in [0.2, 0.25) is 0 Å². The Bertz CT molecular complexity index is 361. The van der Waals surface area contributed by atoms with Gasteiger partial charge in [0.25, 0.3) is 0 Å². The van der Waals surface area contributed by atoms with Crippen molar-refractivity contribution in [2.75, 3.05) is 0 Å². The molecule has 2 rings (SSSR count). The van der Waals surface area contributed by atoms with Crippen LogP contribution in [0.3, 0.4) is 0 Å². The average Bonchev–Trinajstić information content (AvgIpc) is 2.64. The number of nitrogens with zero attached hydrogens (tertiary/aromatic N) is 2. The molecule has 2 N–H and O–H groups in total. The molecular formula is C10H15N3O2. The maximum atomic E-state index is 10.9. The van der Waals surface area contributed by atoms with Gasteiger partial charge in [0.1, 0.15) is 11.9 Å². The number of carboxylic acid groups (broad SMARTS) is 1. The molecule has 5 heteroatoms. The lowest BCUT2D eigenvalue weighted by atomic mass is 9.98. The number of carboxylic acids is 1. The molecular weight excluding hydrogens is 194 g/mol. The van der Waals surface area contributed by atoms with E-state index in [2.05, 4.69) is 10.3 Å². The second-order valence-electron chi connectivity index (χ2n) is 3.94. The Morgan fingerprint density at radius 3 is 3.07 bits per heavy atom. The molecule has 0 spiro atoms. The molecule has 1 fully saturated rings. The molecule has 0 radical (unpaired) electrons. The Morgan fingerprint density at radius 2 is 2.47 bits per heavy atom. The van der Waals surface area contributed by atoms with Gasteiger partial charge in [-0.1, -0.05) is 0 Å². The van der Waals surface area contributed by atoms with E-state index in [1.165, 1.54) is 0 Å². The van der Waals surface area contributed by atoms with E-state index in [1.54, 1.807) is 6.20 Å². The van der Waals surface area contributed by atoms with Gasteiger partial charge in [-0.25, -0.2) is 4.98 Å². The van der Waals surface area contributed by atoms with Crippen molar-refractivity contribution in [2.45, 2.75) is 31.3 Å². The van der Waals surface area contributed by atoms with Crippen molar-refractivity contribution < 1.29 is 9.90 Å². The zero-order valence-electron chi connectivity index (χ0n) is 8.68. The SMILES string of the molecule is Cn1ccnc1C1CCCC(C(=O)O)N1. The van der Waals surface area contributed by atoms with Crippen LogP contribution in [0.15, 0.2) is 12.4 Å². The number of aromatic nitrogens is 2. The molecule has 15 heavy (non-hydrogen) atoms. The molecule has 2 heterocycles. The molecule has 0 aromatic carbocycles. The molecule has 1 aromatic heterocycles. The first-order chi connectivity index (χ1) is 7.18. The first kappa shape index (κ1) is 10.2. The van der Waals surface area contributed by atoms with Crippen molar-refractivity contribution in [3.63, 3.8) is 0 Å². The number of hydrogen-bond acceptors (Lipinski definition) is 3. The maximum Gasteiger partial charge on any atom is 0.320 e. The van der Waals surface area contributed by atoms with E-state index < -0.39 is 12.0 Å². The number of carbonyl (C=O) groups is 1. The van der Waals surface area contributed by atoms with E-state index in [-0.39, 0.29) is 6.04 Å². The van der Waals surface area contributed by atoms with E-state index in [1.807, 2.05) is 17.8 Å². The summed E-state index contributed by atoms with van der Waals surface area (Å²) in [5, 5.41) is 12.0. The number of nitrogens with one attached hydrogen (secondary N) is 1. The summed E-state index contributed by atoms with van der Waals surface area (Å²) in [7, 11) is 1.92. The minimum absolute atomic E-state index is 0.0693. The molecule has 5 nitrogen and oxygen atoms in total. The Hall–Kier alpha value is -1.36. The summed E-state index contributed by atoms with van der Waals surface area (Å²) in [4.78, 5) is 15.1. The van der Waals surface area contributed by atoms with Crippen molar-refractivity contribution in [3.8, 4) is 0 Å². The van der Waals surface area contributed by atoms with Crippen LogP contribution in [0.2, 0.25) is 0 Å². The summed E-state index contributed by atoms with van der Waals surface area (Å²) < 4.78 is 1.93. The third-order valence-corrected chi connectivity index (χ3v) is 2.86. The number of aliphatic carboxylic acids is 1. The lowest BCUT2D eigenvalue weighted by molar-refractivity contribution is -0.140. The first-order valence-corrected chi connectivity index (χ1v) is 5.14. The van der Waals surface area contributed by atoms with E-state index >= 15 is 0 Å². The molecule has 0 saturated carbocycles. The summed E-state index contributed by atoms with van der Waals surface area (Å²) in [6, 6.07) is -0.361. The largest absolute Gasteiger partial charge is 0.480 e. The highest BCUT2D eigenvalue weighted by molar-refractivity contribution is 5.73. The maximum absolute atomic E-state index is 10.9. The highest BCUT2D eigenvalue weighted by Gasteiger charge is 2.28. The van der Waals surface area contributed by atoms with E-state index in [4.69, 9.17) is 5.11 Å². The zero-order valence-corrected chi connectivity index (χ0v) is 8.68. The monoisotopic (exact) mass is 209 g/mol. The molecule has 82 valence electrons. The molecule has 0 bridgehead atoms. The van der Waals surface area contributed by atoms with Crippen LogP contribution < -0.4 is 5.32 Å². The Labute approximate surface area is 88.1 Å². The number of hydrogen-bond donors (Lipinski definition) is 2. The molecule has 1 aliphatic heterocycles. The second kappa shape index (κ2) is 4.02. The van der Waals surface area contributed by atoms with Crippen LogP contribution in [0.5, 0.6) is 0 Å². The number of aryl methyl sites for hydroxylation is 1. The van der Waals surface area contributed by atoms with Crippen LogP contribution >= 0.6 is 0 Å². The van der Waals surface area contributed by atoms with Crippen molar-refractivity contribution in [1.82, 2.24) is 14.9 Å². The van der Waals surface area contributed by atoms with Crippen molar-refractivity contribution in [2.24, 2.45) is 7.05 Å². The van der Waals surface area contributed by atoms with Gasteiger partial charge in [-0.05, 0) is 19.3 Å². The van der Waals surface area contributed by atoms with Gasteiger partial charge in [-0.2, -0.15) is 0 Å². The highest BCUT2D eigenvalue weighted by atomic mass is 16.4. The van der Waals surface area contributed by atoms with Crippen LogP contribution in [0.4, 0.5) is 0 Å². The molecule has 1 aliphatic rings. The number of piperidine rings is 1. The van der Waals surface area contributed by atoms with Crippen LogP contribution in [0, 0.1) is 0 Å². The topological polar surface area (TPSA) is 67.2 Å². The van der Waals surface area contributed by atoms with Gasteiger partial charge in [0.15, 0.2) is 0 Å². The van der Waals surface area contributed by atoms with E-state index in [0.717, 1.165) is 18.7 Å². The van der Waals surface area contributed by atoms with Crippen LogP contribution in [-0.2, 0) is 11.8 Å². The van der Waals surface area contributed by atoms with Crippen LogP contribution in [-0.4, -0.2) is 26.7 Å². The van der Waals surface area contributed by atoms with Gasteiger partial charge >= 0.3 is 5.97 Å². The third kappa shape index (κ3) is 2.02. The van der Waals surface area contributed by atoms with Gasteiger partial charge in [-0.3, -0.25) is 10.1 Å². The molecule has 0 aliphatic carbocycles. The quantitative estimate of drug-likeness (QED) is 0.752. The molecule has 2 atom stereocenters. The van der Waals surface area contributed by atoms with E-state index in [0.29, 0.717) is 6.42 Å². The van der Waals surface area contributed by atoms with Gasteiger partial charge in [-0.15, -0.1) is 0 Å². The minimum Gasteiger partial charge on any atom is -0.480 e. The highest BCUT2D eigenvalue weighted by Crippen LogP contribution is 2.24. The fourth-order valence-electron chi connectivity index (χ4n) is 2.05. The number of rotatable bonds is 2. The zero-order chi connectivity index (χ0) is 10.8. The summed E-state index contributed by atoms with van der Waals surface area (Å²) in [5.74, 6) is 0.148. The number of imidazole rings is 1. The molecule has 0 amide bonds. The fraction of sp³-hybridized carbons (Fsp3) is 0.600. The fourth-order valence-corrected chi connectivity index (χ4v) is 2.05. The standard InChI is InChI=1S/C10H15N3O2/c1-13-6-5-11-9(13)7-3-2-4-8(12-7)10(14)15/h5-8,12H,2-4H2,1H3,(H,14,15). The lowest BCUT2D eigenvalue weighted by Crippen LogP contribution is -2.43. The molecule has 1 aromatic rings. The van der Waals surface area contributed by atoms with Crippen molar-refractivity contribution in [3.05, 3.63) is 18.2 Å². The van der Waals surface area contributed by atoms with Gasteiger partial charge in [0.05, 0.1) is 6.04 Å². The minimum atomic E-state index is -0.770. The predicted octanol–water partition coefficient (Wildman–Crippen LogP) is 0.688.